The first-order valence-electron chi connectivity index (χ1n) is 12.8. The summed E-state index contributed by atoms with van der Waals surface area (Å²) in [5.41, 5.74) is 4.89. The summed E-state index contributed by atoms with van der Waals surface area (Å²) in [6, 6.07) is 16.3. The number of fused-ring (bicyclic) bond motifs is 2. The predicted molar refractivity (Wildman–Crippen MR) is 143 cm³/mol. The zero-order valence-corrected chi connectivity index (χ0v) is 21.5. The summed E-state index contributed by atoms with van der Waals surface area (Å²) in [5, 5.41) is 11.6. The summed E-state index contributed by atoms with van der Waals surface area (Å²) < 4.78 is 1.59. The minimum atomic E-state index is -0.902. The monoisotopic (exact) mass is 496 g/mol. The first-order valence-corrected chi connectivity index (χ1v) is 12.8. The van der Waals surface area contributed by atoms with E-state index in [1.807, 2.05) is 57.2 Å². The van der Waals surface area contributed by atoms with Crippen molar-refractivity contribution in [1.29, 1.82) is 0 Å². The van der Waals surface area contributed by atoms with Crippen LogP contribution in [0.4, 0.5) is 5.69 Å². The molecule has 1 aliphatic rings. The van der Waals surface area contributed by atoms with Crippen molar-refractivity contribution < 1.29 is 9.59 Å². The van der Waals surface area contributed by atoms with Gasteiger partial charge in [-0.15, -0.1) is 5.10 Å². The maximum Gasteiger partial charge on any atom is 0.249 e. The van der Waals surface area contributed by atoms with Gasteiger partial charge in [0.05, 0.1) is 5.52 Å². The zero-order valence-electron chi connectivity index (χ0n) is 21.5. The number of aryl methyl sites for hydroxylation is 2. The standard InChI is InChI=1S/C29H32N6O2/c1-4-29(2,3)31-28(37)27(22-11-8-16-30-18-22)35(23-15-14-20-9-7-10-21(20)17-23)26(36)19-34-25-13-6-5-12-24(25)32-33-34/h5-6,8,11-18,27H,4,7,9-10,19H2,1-3H3,(H,31,37)/t27-/m0/s1. The fourth-order valence-electron chi connectivity index (χ4n) is 4.83. The van der Waals surface area contributed by atoms with E-state index in [1.54, 1.807) is 28.0 Å². The molecule has 37 heavy (non-hydrogen) atoms. The van der Waals surface area contributed by atoms with Crippen LogP contribution in [0.1, 0.15) is 56.3 Å². The molecule has 2 amide bonds. The Labute approximate surface area is 216 Å². The fourth-order valence-corrected chi connectivity index (χ4v) is 4.83. The van der Waals surface area contributed by atoms with Crippen LogP contribution in [0.15, 0.2) is 67.0 Å². The van der Waals surface area contributed by atoms with Gasteiger partial charge in [0.25, 0.3) is 0 Å². The molecule has 0 fully saturated rings. The Morgan fingerprint density at radius 1 is 1.08 bits per heavy atom. The molecule has 4 aromatic rings. The maximum absolute atomic E-state index is 14.1. The van der Waals surface area contributed by atoms with Crippen LogP contribution in [-0.4, -0.2) is 37.3 Å². The Kier molecular flexibility index (Phi) is 6.74. The molecule has 2 aromatic heterocycles. The molecular formula is C29H32N6O2. The van der Waals surface area contributed by atoms with Crippen molar-refractivity contribution in [3.8, 4) is 0 Å². The first kappa shape index (κ1) is 24.6. The second-order valence-electron chi connectivity index (χ2n) is 10.2. The van der Waals surface area contributed by atoms with Gasteiger partial charge in [0.2, 0.25) is 11.8 Å². The number of aromatic nitrogens is 4. The lowest BCUT2D eigenvalue weighted by molar-refractivity contribution is -0.128. The van der Waals surface area contributed by atoms with Gasteiger partial charge in [-0.1, -0.05) is 36.4 Å². The number of rotatable bonds is 8. The summed E-state index contributed by atoms with van der Waals surface area (Å²) in [6.07, 6.45) is 7.15. The molecule has 8 nitrogen and oxygen atoms in total. The van der Waals surface area contributed by atoms with E-state index < -0.39 is 11.6 Å². The molecule has 0 saturated carbocycles. The number of amides is 2. The maximum atomic E-state index is 14.1. The van der Waals surface area contributed by atoms with Crippen LogP contribution in [0.25, 0.3) is 11.0 Å². The molecule has 0 bridgehead atoms. The molecule has 1 N–H and O–H groups in total. The number of benzene rings is 2. The number of anilines is 1. The van der Waals surface area contributed by atoms with Crippen LogP contribution in [-0.2, 0) is 29.0 Å². The quantitative estimate of drug-likeness (QED) is 0.390. The average Bonchev–Trinajstić information content (AvgIpc) is 3.54. The molecule has 0 radical (unpaired) electrons. The molecule has 1 atom stereocenters. The Balaban J connectivity index is 1.60. The first-order chi connectivity index (χ1) is 17.9. The average molecular weight is 497 g/mol. The van der Waals surface area contributed by atoms with Gasteiger partial charge < -0.3 is 5.32 Å². The van der Waals surface area contributed by atoms with E-state index in [0.717, 1.165) is 31.2 Å². The number of carbonyl (C=O) groups excluding carboxylic acids is 2. The largest absolute Gasteiger partial charge is 0.349 e. The van der Waals surface area contributed by atoms with Gasteiger partial charge in [-0.3, -0.25) is 19.5 Å². The fraction of sp³-hybridized carbons (Fsp3) is 0.345. The molecule has 0 aliphatic heterocycles. The lowest BCUT2D eigenvalue weighted by atomic mass is 9.98. The van der Waals surface area contributed by atoms with Crippen LogP contribution in [0, 0.1) is 0 Å². The van der Waals surface area contributed by atoms with Gasteiger partial charge in [0, 0.05) is 29.2 Å². The van der Waals surface area contributed by atoms with Crippen molar-refractivity contribution in [2.75, 3.05) is 4.90 Å². The van der Waals surface area contributed by atoms with E-state index in [2.05, 4.69) is 32.7 Å². The van der Waals surface area contributed by atoms with Gasteiger partial charge in [0.1, 0.15) is 18.1 Å². The molecule has 5 rings (SSSR count). The van der Waals surface area contributed by atoms with Crippen LogP contribution >= 0.6 is 0 Å². The van der Waals surface area contributed by atoms with Gasteiger partial charge in [-0.25, -0.2) is 4.68 Å². The number of hydrogen-bond donors (Lipinski definition) is 1. The predicted octanol–water partition coefficient (Wildman–Crippen LogP) is 4.39. The lowest BCUT2D eigenvalue weighted by Crippen LogP contribution is -2.51. The summed E-state index contributed by atoms with van der Waals surface area (Å²) >= 11 is 0. The summed E-state index contributed by atoms with van der Waals surface area (Å²) in [7, 11) is 0. The zero-order chi connectivity index (χ0) is 26.0. The van der Waals surface area contributed by atoms with E-state index >= 15 is 0 Å². The van der Waals surface area contributed by atoms with E-state index in [1.165, 1.54) is 11.1 Å². The van der Waals surface area contributed by atoms with Crippen LogP contribution in [0.5, 0.6) is 0 Å². The number of nitrogens with one attached hydrogen (secondary N) is 1. The van der Waals surface area contributed by atoms with Gasteiger partial charge in [0.15, 0.2) is 0 Å². The summed E-state index contributed by atoms with van der Waals surface area (Å²) in [4.78, 5) is 33.9. The third-order valence-corrected chi connectivity index (χ3v) is 7.19. The molecule has 190 valence electrons. The molecule has 1 aliphatic carbocycles. The van der Waals surface area contributed by atoms with Crippen molar-refractivity contribution >= 4 is 28.5 Å². The van der Waals surface area contributed by atoms with Crippen molar-refractivity contribution in [3.63, 3.8) is 0 Å². The third kappa shape index (κ3) is 5.09. The number of para-hydroxylation sites is 1. The minimum Gasteiger partial charge on any atom is -0.349 e. The summed E-state index contributed by atoms with van der Waals surface area (Å²) in [5.74, 6) is -0.510. The topological polar surface area (TPSA) is 93.0 Å². The lowest BCUT2D eigenvalue weighted by Gasteiger charge is -2.34. The smallest absolute Gasteiger partial charge is 0.249 e. The van der Waals surface area contributed by atoms with Crippen molar-refractivity contribution in [3.05, 3.63) is 83.7 Å². The van der Waals surface area contributed by atoms with Crippen LogP contribution < -0.4 is 10.2 Å². The highest BCUT2D eigenvalue weighted by molar-refractivity contribution is 6.01. The molecule has 2 aromatic carbocycles. The second kappa shape index (κ2) is 10.1. The number of pyridine rings is 1. The molecule has 0 saturated heterocycles. The van der Waals surface area contributed by atoms with Crippen molar-refractivity contribution in [1.82, 2.24) is 25.3 Å². The van der Waals surface area contributed by atoms with Gasteiger partial charge >= 0.3 is 0 Å². The van der Waals surface area contributed by atoms with E-state index in [0.29, 0.717) is 16.8 Å². The van der Waals surface area contributed by atoms with Crippen LogP contribution in [0.2, 0.25) is 0 Å². The van der Waals surface area contributed by atoms with E-state index in [-0.39, 0.29) is 18.4 Å². The molecule has 0 spiro atoms. The SMILES string of the molecule is CCC(C)(C)NC(=O)[C@H](c1cccnc1)N(C(=O)Cn1nnc2ccccc21)c1ccc2c(c1)CCC2. The van der Waals surface area contributed by atoms with Gasteiger partial charge in [-0.05, 0) is 81.0 Å². The highest BCUT2D eigenvalue weighted by Crippen LogP contribution is 2.33. The number of nitrogens with zero attached hydrogens (tertiary/aromatic N) is 5. The summed E-state index contributed by atoms with van der Waals surface area (Å²) in [6.45, 7) is 5.93. The second-order valence-corrected chi connectivity index (χ2v) is 10.2. The Bertz CT molecular complexity index is 1430. The molecule has 0 unspecified atom stereocenters. The van der Waals surface area contributed by atoms with E-state index in [9.17, 15) is 9.59 Å². The Morgan fingerprint density at radius 2 is 1.89 bits per heavy atom. The molecule has 2 heterocycles. The Hall–Kier alpha value is -4.07. The van der Waals surface area contributed by atoms with Gasteiger partial charge in [-0.2, -0.15) is 0 Å². The highest BCUT2D eigenvalue weighted by Gasteiger charge is 2.36. The normalized spacial score (nSPS) is 13.8. The van der Waals surface area contributed by atoms with Crippen molar-refractivity contribution in [2.24, 2.45) is 0 Å². The van der Waals surface area contributed by atoms with E-state index in [4.69, 9.17) is 0 Å². The number of hydrogen-bond acceptors (Lipinski definition) is 5. The highest BCUT2D eigenvalue weighted by atomic mass is 16.2. The third-order valence-electron chi connectivity index (χ3n) is 7.19. The number of carbonyl (C=O) groups is 2. The minimum absolute atomic E-state index is 0.0567. The Morgan fingerprint density at radius 3 is 2.68 bits per heavy atom. The molecule has 8 heteroatoms. The van der Waals surface area contributed by atoms with Crippen LogP contribution in [0.3, 0.4) is 0 Å². The molecular weight excluding hydrogens is 464 g/mol. The van der Waals surface area contributed by atoms with Crippen molar-refractivity contribution in [2.45, 2.75) is 64.6 Å².